The number of nitrogens with zero attached hydrogens (tertiary/aromatic N) is 4. The summed E-state index contributed by atoms with van der Waals surface area (Å²) < 4.78 is 0. The van der Waals surface area contributed by atoms with Crippen molar-refractivity contribution in [3.63, 3.8) is 0 Å². The standard InChI is InChI=1S/C15H18N4O2/c20-11-10-18-6-8-19(9-7-18)15(21)12-2-1-3-13-14(12)17-5-4-16-13/h1-5,20H,6-11H2. The first-order valence-electron chi connectivity index (χ1n) is 7.12. The minimum atomic E-state index is 0.00440. The minimum Gasteiger partial charge on any atom is -0.395 e. The highest BCUT2D eigenvalue weighted by Gasteiger charge is 2.23. The lowest BCUT2D eigenvalue weighted by Crippen LogP contribution is -2.49. The van der Waals surface area contributed by atoms with Gasteiger partial charge in [-0.05, 0) is 12.1 Å². The van der Waals surface area contributed by atoms with Crippen molar-refractivity contribution >= 4 is 16.9 Å². The number of piperazine rings is 1. The van der Waals surface area contributed by atoms with Crippen LogP contribution in [0.25, 0.3) is 11.0 Å². The number of β-amino-alcohol motifs (C(OH)–C–C–N with tert-alkyl or cyclic N) is 1. The van der Waals surface area contributed by atoms with Gasteiger partial charge in [0.05, 0.1) is 17.7 Å². The van der Waals surface area contributed by atoms with Crippen molar-refractivity contribution < 1.29 is 9.90 Å². The Morgan fingerprint density at radius 2 is 1.90 bits per heavy atom. The molecule has 2 heterocycles. The van der Waals surface area contributed by atoms with Gasteiger partial charge < -0.3 is 10.0 Å². The van der Waals surface area contributed by atoms with E-state index in [1.165, 1.54) is 0 Å². The zero-order valence-corrected chi connectivity index (χ0v) is 11.8. The quantitative estimate of drug-likeness (QED) is 0.883. The van der Waals surface area contributed by atoms with Crippen molar-refractivity contribution in [2.75, 3.05) is 39.3 Å². The maximum atomic E-state index is 12.7. The average Bonchev–Trinajstić information content (AvgIpc) is 2.55. The van der Waals surface area contributed by atoms with Crippen molar-refractivity contribution in [3.8, 4) is 0 Å². The zero-order chi connectivity index (χ0) is 14.7. The molecule has 6 heteroatoms. The van der Waals surface area contributed by atoms with Gasteiger partial charge in [-0.25, -0.2) is 0 Å². The number of carbonyl (C=O) groups excluding carboxylic acids is 1. The van der Waals surface area contributed by atoms with Gasteiger partial charge in [-0.2, -0.15) is 0 Å². The van der Waals surface area contributed by atoms with E-state index >= 15 is 0 Å². The number of aliphatic hydroxyl groups excluding tert-OH is 1. The number of benzene rings is 1. The highest BCUT2D eigenvalue weighted by atomic mass is 16.3. The third-order valence-electron chi connectivity index (χ3n) is 3.80. The normalized spacial score (nSPS) is 16.3. The van der Waals surface area contributed by atoms with Crippen LogP contribution in [0.2, 0.25) is 0 Å². The summed E-state index contributed by atoms with van der Waals surface area (Å²) in [7, 11) is 0. The molecule has 110 valence electrons. The molecule has 2 aromatic rings. The molecule has 0 spiro atoms. The van der Waals surface area contributed by atoms with Crippen LogP contribution in [0.4, 0.5) is 0 Å². The number of aromatic nitrogens is 2. The molecule has 1 aliphatic rings. The molecule has 0 radical (unpaired) electrons. The summed E-state index contributed by atoms with van der Waals surface area (Å²) in [6, 6.07) is 5.50. The molecular weight excluding hydrogens is 268 g/mol. The molecule has 3 rings (SSSR count). The van der Waals surface area contributed by atoms with Crippen molar-refractivity contribution in [2.24, 2.45) is 0 Å². The maximum absolute atomic E-state index is 12.7. The molecule has 1 aromatic carbocycles. The number of fused-ring (bicyclic) bond motifs is 1. The Morgan fingerprint density at radius 1 is 1.14 bits per heavy atom. The molecule has 0 aliphatic carbocycles. The van der Waals surface area contributed by atoms with Crippen molar-refractivity contribution in [1.82, 2.24) is 19.8 Å². The Morgan fingerprint density at radius 3 is 2.67 bits per heavy atom. The molecular formula is C15H18N4O2. The van der Waals surface area contributed by atoms with E-state index in [4.69, 9.17) is 5.11 Å². The highest BCUT2D eigenvalue weighted by molar-refractivity contribution is 6.04. The number of carbonyl (C=O) groups is 1. The van der Waals surface area contributed by atoms with E-state index in [9.17, 15) is 4.79 Å². The van der Waals surface area contributed by atoms with Gasteiger partial charge in [0.2, 0.25) is 0 Å². The number of amides is 1. The molecule has 0 bridgehead atoms. The van der Waals surface area contributed by atoms with Gasteiger partial charge in [0.15, 0.2) is 0 Å². The van der Waals surface area contributed by atoms with Crippen LogP contribution in [0.3, 0.4) is 0 Å². The highest BCUT2D eigenvalue weighted by Crippen LogP contribution is 2.17. The van der Waals surface area contributed by atoms with E-state index in [2.05, 4.69) is 14.9 Å². The molecule has 1 saturated heterocycles. The first-order chi connectivity index (χ1) is 10.3. The first kappa shape index (κ1) is 13.9. The fourth-order valence-electron chi connectivity index (χ4n) is 2.65. The molecule has 1 aromatic heterocycles. The summed E-state index contributed by atoms with van der Waals surface area (Å²) in [4.78, 5) is 25.2. The third-order valence-corrected chi connectivity index (χ3v) is 3.80. The summed E-state index contributed by atoms with van der Waals surface area (Å²) in [5.74, 6) is 0.00440. The van der Waals surface area contributed by atoms with Gasteiger partial charge in [-0.1, -0.05) is 6.07 Å². The van der Waals surface area contributed by atoms with Crippen LogP contribution in [-0.4, -0.2) is 70.1 Å². The Hall–Kier alpha value is -2.05. The molecule has 6 nitrogen and oxygen atoms in total. The van der Waals surface area contributed by atoms with Gasteiger partial charge in [0, 0.05) is 45.1 Å². The second-order valence-corrected chi connectivity index (χ2v) is 5.09. The van der Waals surface area contributed by atoms with Gasteiger partial charge in [0.25, 0.3) is 5.91 Å². The molecule has 21 heavy (non-hydrogen) atoms. The predicted molar refractivity (Wildman–Crippen MR) is 79.0 cm³/mol. The Labute approximate surface area is 123 Å². The summed E-state index contributed by atoms with van der Waals surface area (Å²) >= 11 is 0. The number of hydrogen-bond acceptors (Lipinski definition) is 5. The van der Waals surface area contributed by atoms with Crippen molar-refractivity contribution in [3.05, 3.63) is 36.2 Å². The Bertz CT molecular complexity index is 633. The summed E-state index contributed by atoms with van der Waals surface area (Å²) in [5, 5.41) is 8.95. The van der Waals surface area contributed by atoms with Crippen LogP contribution >= 0.6 is 0 Å². The summed E-state index contributed by atoms with van der Waals surface area (Å²) in [6.45, 7) is 3.77. The monoisotopic (exact) mass is 286 g/mol. The second kappa shape index (κ2) is 6.15. The van der Waals surface area contributed by atoms with Crippen LogP contribution < -0.4 is 0 Å². The lowest BCUT2D eigenvalue weighted by Gasteiger charge is -2.34. The minimum absolute atomic E-state index is 0.00440. The maximum Gasteiger partial charge on any atom is 0.256 e. The van der Waals surface area contributed by atoms with Crippen molar-refractivity contribution in [1.29, 1.82) is 0 Å². The fourth-order valence-corrected chi connectivity index (χ4v) is 2.65. The Kier molecular flexibility index (Phi) is 4.08. The molecule has 1 aliphatic heterocycles. The van der Waals surface area contributed by atoms with E-state index in [1.54, 1.807) is 18.5 Å². The summed E-state index contributed by atoms with van der Waals surface area (Å²) in [5.41, 5.74) is 2.00. The molecule has 1 fully saturated rings. The van der Waals surface area contributed by atoms with Crippen LogP contribution in [0.5, 0.6) is 0 Å². The predicted octanol–water partition coefficient (Wildman–Crippen LogP) is 0.380. The molecule has 1 N–H and O–H groups in total. The third kappa shape index (κ3) is 2.86. The van der Waals surface area contributed by atoms with Crippen LogP contribution in [0.15, 0.2) is 30.6 Å². The van der Waals surface area contributed by atoms with Gasteiger partial charge in [-0.3, -0.25) is 19.7 Å². The van der Waals surface area contributed by atoms with Gasteiger partial charge >= 0.3 is 0 Å². The largest absolute Gasteiger partial charge is 0.395 e. The fraction of sp³-hybridized carbons (Fsp3) is 0.400. The number of hydrogen-bond donors (Lipinski definition) is 1. The van der Waals surface area contributed by atoms with Crippen molar-refractivity contribution in [2.45, 2.75) is 0 Å². The number of rotatable bonds is 3. The second-order valence-electron chi connectivity index (χ2n) is 5.09. The average molecular weight is 286 g/mol. The molecule has 1 amide bonds. The number of para-hydroxylation sites is 1. The lowest BCUT2D eigenvalue weighted by atomic mass is 10.1. The van der Waals surface area contributed by atoms with E-state index in [-0.39, 0.29) is 12.5 Å². The SMILES string of the molecule is O=C(c1cccc2nccnc12)N1CCN(CCO)CC1. The molecule has 0 atom stereocenters. The zero-order valence-electron chi connectivity index (χ0n) is 11.8. The van der Waals surface area contributed by atoms with E-state index in [1.807, 2.05) is 17.0 Å². The topological polar surface area (TPSA) is 69.6 Å². The smallest absolute Gasteiger partial charge is 0.256 e. The van der Waals surface area contributed by atoms with Gasteiger partial charge in [0.1, 0.15) is 5.52 Å². The summed E-state index contributed by atoms with van der Waals surface area (Å²) in [6.07, 6.45) is 3.24. The Balaban J connectivity index is 1.79. The lowest BCUT2D eigenvalue weighted by molar-refractivity contribution is 0.0616. The number of aliphatic hydroxyl groups is 1. The van der Waals surface area contributed by atoms with Gasteiger partial charge in [-0.15, -0.1) is 0 Å². The first-order valence-corrected chi connectivity index (χ1v) is 7.12. The van der Waals surface area contributed by atoms with Crippen LogP contribution in [0, 0.1) is 0 Å². The van der Waals surface area contributed by atoms with E-state index in [0.717, 1.165) is 18.6 Å². The molecule has 0 unspecified atom stereocenters. The van der Waals surface area contributed by atoms with Crippen LogP contribution in [0.1, 0.15) is 10.4 Å². The van der Waals surface area contributed by atoms with E-state index < -0.39 is 0 Å². The van der Waals surface area contributed by atoms with Crippen LogP contribution in [-0.2, 0) is 0 Å². The van der Waals surface area contributed by atoms with E-state index in [0.29, 0.717) is 30.7 Å². The molecule has 0 saturated carbocycles.